The van der Waals surface area contributed by atoms with Gasteiger partial charge in [-0.1, -0.05) is 29.3 Å². The van der Waals surface area contributed by atoms with Gasteiger partial charge in [-0.25, -0.2) is 4.68 Å². The van der Waals surface area contributed by atoms with Crippen molar-refractivity contribution in [2.45, 2.75) is 0 Å². The van der Waals surface area contributed by atoms with E-state index in [2.05, 4.69) is 15.4 Å². The Morgan fingerprint density at radius 3 is 2.72 bits per heavy atom. The lowest BCUT2D eigenvalue weighted by Crippen LogP contribution is -2.11. The molecule has 0 saturated heterocycles. The quantitative estimate of drug-likeness (QED) is 0.358. The van der Waals surface area contributed by atoms with Gasteiger partial charge in [-0.15, -0.1) is 5.10 Å². The Hall–Kier alpha value is -3.33. The van der Waals surface area contributed by atoms with Crippen LogP contribution in [0.15, 0.2) is 65.3 Å². The lowest BCUT2D eigenvalue weighted by atomic mass is 10.2. The first-order valence-corrected chi connectivity index (χ1v) is 10.3. The van der Waals surface area contributed by atoms with Gasteiger partial charge in [-0.3, -0.25) is 4.79 Å². The summed E-state index contributed by atoms with van der Waals surface area (Å²) >= 11 is 12.3. The van der Waals surface area contributed by atoms with Crippen molar-refractivity contribution in [1.29, 1.82) is 0 Å². The second kappa shape index (κ2) is 9.86. The van der Waals surface area contributed by atoms with Gasteiger partial charge >= 0.3 is 6.01 Å². The van der Waals surface area contributed by atoms with Crippen LogP contribution in [0, 0.1) is 0 Å². The number of carbonyl (C=O) groups excluding carboxylic acids is 1. The minimum Gasteiger partial charge on any atom is -0.460 e. The molecule has 2 heterocycles. The van der Waals surface area contributed by atoms with E-state index in [1.54, 1.807) is 60.3 Å². The highest BCUT2D eigenvalue weighted by Crippen LogP contribution is 2.30. The number of hydrogen-bond acceptors (Lipinski definition) is 6. The number of furan rings is 1. The summed E-state index contributed by atoms with van der Waals surface area (Å²) in [4.78, 5) is 16.8. The Bertz CT molecular complexity index is 1220. The molecule has 0 spiro atoms. The molecule has 0 aliphatic heterocycles. The number of amides is 1. The third kappa shape index (κ3) is 4.94. The summed E-state index contributed by atoms with van der Waals surface area (Å²) in [5, 5.41) is 8.09. The molecule has 0 aliphatic rings. The first kappa shape index (κ1) is 21.9. The largest absolute Gasteiger partial charge is 0.460 e. The number of aromatic nitrogens is 3. The molecule has 4 rings (SSSR count). The molecule has 8 nitrogen and oxygen atoms in total. The van der Waals surface area contributed by atoms with E-state index in [0.29, 0.717) is 46.0 Å². The van der Waals surface area contributed by atoms with E-state index >= 15 is 0 Å². The molecule has 0 unspecified atom stereocenters. The van der Waals surface area contributed by atoms with Gasteiger partial charge in [-0.05, 0) is 48.5 Å². The van der Waals surface area contributed by atoms with Gasteiger partial charge in [0.1, 0.15) is 6.61 Å². The molecule has 4 aromatic rings. The third-order valence-corrected chi connectivity index (χ3v) is 5.12. The van der Waals surface area contributed by atoms with E-state index in [4.69, 9.17) is 37.1 Å². The molecule has 2 aromatic heterocycles. The summed E-state index contributed by atoms with van der Waals surface area (Å²) in [5.74, 6) is 0.339. The molecule has 0 radical (unpaired) electrons. The van der Waals surface area contributed by atoms with Crippen LogP contribution in [0.5, 0.6) is 6.01 Å². The molecule has 1 amide bonds. The summed E-state index contributed by atoms with van der Waals surface area (Å²) in [6.07, 6.45) is 1.44. The second-order valence-electron chi connectivity index (χ2n) is 6.58. The van der Waals surface area contributed by atoms with E-state index in [0.717, 1.165) is 0 Å². The van der Waals surface area contributed by atoms with Gasteiger partial charge in [0.25, 0.3) is 5.91 Å². The summed E-state index contributed by atoms with van der Waals surface area (Å²) in [7, 11) is 1.58. The number of methoxy groups -OCH3 is 1. The normalized spacial score (nSPS) is 10.8. The molecule has 0 fully saturated rings. The van der Waals surface area contributed by atoms with Crippen LogP contribution in [0.2, 0.25) is 10.0 Å². The molecule has 0 saturated carbocycles. The first-order chi connectivity index (χ1) is 15.5. The molecular formula is C22H18Cl2N4O4. The summed E-state index contributed by atoms with van der Waals surface area (Å²) in [6.45, 7) is 0.686. The van der Waals surface area contributed by atoms with E-state index in [1.807, 2.05) is 6.07 Å². The number of rotatable bonds is 8. The Balaban J connectivity index is 1.69. The lowest BCUT2D eigenvalue weighted by Gasteiger charge is -2.09. The van der Waals surface area contributed by atoms with Crippen molar-refractivity contribution >= 4 is 34.8 Å². The zero-order chi connectivity index (χ0) is 22.5. The number of anilines is 1. The standard InChI is InChI=1S/C22H18Cl2N4O4/c1-30-10-11-32-22-26-20(14-7-8-17(23)18(24)12-14)28(27-22)16-5-2-4-15(13-16)25-21(29)19-6-3-9-31-19/h2-9,12-13H,10-11H2,1H3,(H,25,29). The van der Waals surface area contributed by atoms with Gasteiger partial charge in [0.05, 0.1) is 28.6 Å². The fourth-order valence-corrected chi connectivity index (χ4v) is 3.19. The highest BCUT2D eigenvalue weighted by atomic mass is 35.5. The van der Waals surface area contributed by atoms with Crippen LogP contribution < -0.4 is 10.1 Å². The Kier molecular flexibility index (Phi) is 6.75. The van der Waals surface area contributed by atoms with Gasteiger partial charge in [-0.2, -0.15) is 4.98 Å². The van der Waals surface area contributed by atoms with Crippen LogP contribution in [-0.2, 0) is 4.74 Å². The molecule has 0 aliphatic carbocycles. The third-order valence-electron chi connectivity index (χ3n) is 4.38. The number of hydrogen-bond donors (Lipinski definition) is 1. The van der Waals surface area contributed by atoms with E-state index in [1.165, 1.54) is 6.26 Å². The summed E-state index contributed by atoms with van der Waals surface area (Å²) < 4.78 is 17.4. The Morgan fingerprint density at radius 2 is 1.97 bits per heavy atom. The molecule has 164 valence electrons. The molecule has 2 aromatic carbocycles. The highest BCUT2D eigenvalue weighted by molar-refractivity contribution is 6.42. The smallest absolute Gasteiger partial charge is 0.336 e. The maximum atomic E-state index is 12.3. The summed E-state index contributed by atoms with van der Waals surface area (Å²) in [5.41, 5.74) is 1.90. The molecule has 32 heavy (non-hydrogen) atoms. The first-order valence-electron chi connectivity index (χ1n) is 9.54. The topological polar surface area (TPSA) is 91.4 Å². The minimum atomic E-state index is -0.362. The number of nitrogens with zero attached hydrogens (tertiary/aromatic N) is 3. The van der Waals surface area contributed by atoms with E-state index < -0.39 is 0 Å². The Labute approximate surface area is 193 Å². The van der Waals surface area contributed by atoms with E-state index in [-0.39, 0.29) is 17.7 Å². The number of ether oxygens (including phenoxy) is 2. The van der Waals surface area contributed by atoms with Gasteiger partial charge in [0, 0.05) is 18.4 Å². The predicted molar refractivity (Wildman–Crippen MR) is 121 cm³/mol. The van der Waals surface area contributed by atoms with Crippen molar-refractivity contribution in [2.75, 3.05) is 25.6 Å². The lowest BCUT2D eigenvalue weighted by molar-refractivity contribution is 0.0996. The molecule has 10 heteroatoms. The SMILES string of the molecule is COCCOc1nc(-c2ccc(Cl)c(Cl)c2)n(-c2cccc(NC(=O)c3ccco3)c2)n1. The number of benzene rings is 2. The van der Waals surface area contributed by atoms with Gasteiger partial charge in [0.2, 0.25) is 0 Å². The maximum Gasteiger partial charge on any atom is 0.336 e. The number of halogens is 2. The monoisotopic (exact) mass is 472 g/mol. The zero-order valence-corrected chi connectivity index (χ0v) is 18.4. The number of carbonyl (C=O) groups is 1. The molecular weight excluding hydrogens is 455 g/mol. The van der Waals surface area contributed by atoms with Crippen LogP contribution in [-0.4, -0.2) is 41.0 Å². The zero-order valence-electron chi connectivity index (χ0n) is 16.9. The van der Waals surface area contributed by atoms with E-state index in [9.17, 15) is 4.79 Å². The van der Waals surface area contributed by atoms with Crippen molar-refractivity contribution < 1.29 is 18.7 Å². The molecule has 1 N–H and O–H groups in total. The van der Waals surface area contributed by atoms with Gasteiger partial charge < -0.3 is 19.2 Å². The van der Waals surface area contributed by atoms with Crippen LogP contribution in [0.4, 0.5) is 5.69 Å². The van der Waals surface area contributed by atoms with Crippen LogP contribution >= 0.6 is 23.2 Å². The fraction of sp³-hybridized carbons (Fsp3) is 0.136. The van der Waals surface area contributed by atoms with Crippen LogP contribution in [0.25, 0.3) is 17.1 Å². The predicted octanol–water partition coefficient (Wildman–Crippen LogP) is 5.11. The molecule has 0 bridgehead atoms. The average molecular weight is 473 g/mol. The average Bonchev–Trinajstić information content (AvgIpc) is 3.47. The molecule has 0 atom stereocenters. The van der Waals surface area contributed by atoms with Crippen molar-refractivity contribution in [2.24, 2.45) is 0 Å². The number of nitrogens with one attached hydrogen (secondary N) is 1. The van der Waals surface area contributed by atoms with Crippen molar-refractivity contribution in [3.8, 4) is 23.1 Å². The van der Waals surface area contributed by atoms with Crippen molar-refractivity contribution in [3.05, 3.63) is 76.7 Å². The minimum absolute atomic E-state index is 0.174. The van der Waals surface area contributed by atoms with Crippen molar-refractivity contribution in [1.82, 2.24) is 14.8 Å². The fourth-order valence-electron chi connectivity index (χ4n) is 2.89. The Morgan fingerprint density at radius 1 is 1.09 bits per heavy atom. The maximum absolute atomic E-state index is 12.3. The second-order valence-corrected chi connectivity index (χ2v) is 7.40. The highest BCUT2D eigenvalue weighted by Gasteiger charge is 2.17. The van der Waals surface area contributed by atoms with Crippen LogP contribution in [0.1, 0.15) is 10.6 Å². The van der Waals surface area contributed by atoms with Crippen molar-refractivity contribution in [3.63, 3.8) is 0 Å². The van der Waals surface area contributed by atoms with Gasteiger partial charge in [0.15, 0.2) is 11.6 Å². The summed E-state index contributed by atoms with van der Waals surface area (Å²) in [6, 6.07) is 15.7. The van der Waals surface area contributed by atoms with Crippen LogP contribution in [0.3, 0.4) is 0 Å².